The Morgan fingerprint density at radius 2 is 1.67 bits per heavy atom. The fourth-order valence-corrected chi connectivity index (χ4v) is 3.66. The van der Waals surface area contributed by atoms with Gasteiger partial charge in [-0.1, -0.05) is 31.9 Å². The van der Waals surface area contributed by atoms with Crippen molar-refractivity contribution in [3.05, 3.63) is 60.9 Å². The zero-order chi connectivity index (χ0) is 17.7. The highest BCUT2D eigenvalue weighted by Crippen LogP contribution is 2.32. The summed E-state index contributed by atoms with van der Waals surface area (Å²) in [5.74, 6) is -0.292. The van der Waals surface area contributed by atoms with Gasteiger partial charge in [-0.15, -0.1) is 0 Å². The molecule has 0 saturated carbocycles. The SMILES string of the molecule is Cc1cc(Br)cc(Br)c1OCC(=O)NNC(=O)c1ccc(Br)cc1. The minimum Gasteiger partial charge on any atom is -0.482 e. The van der Waals surface area contributed by atoms with Gasteiger partial charge in [-0.3, -0.25) is 20.4 Å². The van der Waals surface area contributed by atoms with Crippen LogP contribution in [0.2, 0.25) is 0 Å². The van der Waals surface area contributed by atoms with E-state index in [0.29, 0.717) is 11.3 Å². The lowest BCUT2D eigenvalue weighted by Crippen LogP contribution is -2.43. The van der Waals surface area contributed by atoms with Crippen LogP contribution in [-0.2, 0) is 4.79 Å². The van der Waals surface area contributed by atoms with Crippen LogP contribution in [0.4, 0.5) is 0 Å². The first-order valence-corrected chi connectivity index (χ1v) is 9.18. The third-order valence-electron chi connectivity index (χ3n) is 2.96. The molecule has 2 aromatic rings. The molecule has 5 nitrogen and oxygen atoms in total. The smallest absolute Gasteiger partial charge is 0.276 e. The van der Waals surface area contributed by atoms with Gasteiger partial charge in [0.15, 0.2) is 6.61 Å². The molecule has 24 heavy (non-hydrogen) atoms. The van der Waals surface area contributed by atoms with Crippen LogP contribution >= 0.6 is 47.8 Å². The molecule has 0 aliphatic heterocycles. The van der Waals surface area contributed by atoms with E-state index in [4.69, 9.17) is 4.74 Å². The number of nitrogens with one attached hydrogen (secondary N) is 2. The van der Waals surface area contributed by atoms with E-state index in [2.05, 4.69) is 58.6 Å². The van der Waals surface area contributed by atoms with Crippen LogP contribution in [0.1, 0.15) is 15.9 Å². The lowest BCUT2D eigenvalue weighted by molar-refractivity contribution is -0.123. The van der Waals surface area contributed by atoms with Gasteiger partial charge in [0, 0.05) is 14.5 Å². The maximum absolute atomic E-state index is 11.9. The van der Waals surface area contributed by atoms with Crippen molar-refractivity contribution in [1.29, 1.82) is 0 Å². The van der Waals surface area contributed by atoms with Crippen molar-refractivity contribution in [2.45, 2.75) is 6.92 Å². The Bertz CT molecular complexity index is 741. The molecule has 8 heteroatoms. The number of hydrogen-bond acceptors (Lipinski definition) is 3. The maximum atomic E-state index is 11.9. The average Bonchev–Trinajstić information content (AvgIpc) is 2.52. The van der Waals surface area contributed by atoms with Gasteiger partial charge < -0.3 is 4.74 Å². The van der Waals surface area contributed by atoms with Crippen molar-refractivity contribution in [3.8, 4) is 5.75 Å². The van der Waals surface area contributed by atoms with E-state index >= 15 is 0 Å². The van der Waals surface area contributed by atoms with Gasteiger partial charge in [0.25, 0.3) is 11.8 Å². The minimum atomic E-state index is -0.463. The Balaban J connectivity index is 1.86. The number of halogens is 3. The summed E-state index contributed by atoms with van der Waals surface area (Å²) < 4.78 is 8.01. The number of ether oxygens (including phenoxy) is 1. The number of hydrazine groups is 1. The summed E-state index contributed by atoms with van der Waals surface area (Å²) in [7, 11) is 0. The van der Waals surface area contributed by atoms with Gasteiger partial charge in [0.1, 0.15) is 5.75 Å². The van der Waals surface area contributed by atoms with Crippen molar-refractivity contribution in [3.63, 3.8) is 0 Å². The molecule has 2 amide bonds. The van der Waals surface area contributed by atoms with Crippen LogP contribution in [-0.4, -0.2) is 18.4 Å². The average molecular weight is 521 g/mol. The molecule has 0 unspecified atom stereocenters. The molecule has 0 spiro atoms. The molecule has 0 bridgehead atoms. The predicted octanol–water partition coefficient (Wildman–Crippen LogP) is 4.12. The van der Waals surface area contributed by atoms with E-state index in [0.717, 1.165) is 19.0 Å². The number of aryl methyl sites for hydroxylation is 1. The molecule has 0 saturated heterocycles. The number of hydrogen-bond donors (Lipinski definition) is 2. The first-order valence-electron chi connectivity index (χ1n) is 6.80. The fraction of sp³-hybridized carbons (Fsp3) is 0.125. The van der Waals surface area contributed by atoms with E-state index in [1.165, 1.54) is 0 Å². The summed E-state index contributed by atoms with van der Waals surface area (Å²) in [6.07, 6.45) is 0. The summed E-state index contributed by atoms with van der Waals surface area (Å²) in [5.41, 5.74) is 5.97. The summed E-state index contributed by atoms with van der Waals surface area (Å²) in [5, 5.41) is 0. The molecule has 0 aliphatic carbocycles. The number of carbonyl (C=O) groups is 2. The van der Waals surface area contributed by atoms with Crippen molar-refractivity contribution in [2.75, 3.05) is 6.61 Å². The molecule has 2 N–H and O–H groups in total. The van der Waals surface area contributed by atoms with Gasteiger partial charge in [0.2, 0.25) is 0 Å². The molecule has 0 radical (unpaired) electrons. The number of benzene rings is 2. The second-order valence-electron chi connectivity index (χ2n) is 4.83. The zero-order valence-corrected chi connectivity index (χ0v) is 17.3. The van der Waals surface area contributed by atoms with Crippen LogP contribution in [0.25, 0.3) is 0 Å². The summed E-state index contributed by atoms with van der Waals surface area (Å²) in [6.45, 7) is 1.65. The third kappa shape index (κ3) is 5.32. The summed E-state index contributed by atoms with van der Waals surface area (Å²) in [6, 6.07) is 10.5. The Morgan fingerprint density at radius 3 is 2.29 bits per heavy atom. The molecular weight excluding hydrogens is 508 g/mol. The van der Waals surface area contributed by atoms with Gasteiger partial charge in [-0.25, -0.2) is 0 Å². The van der Waals surface area contributed by atoms with Crippen molar-refractivity contribution < 1.29 is 14.3 Å². The second-order valence-corrected chi connectivity index (χ2v) is 7.52. The van der Waals surface area contributed by atoms with Gasteiger partial charge >= 0.3 is 0 Å². The van der Waals surface area contributed by atoms with E-state index in [1.54, 1.807) is 24.3 Å². The molecular formula is C16H13Br3N2O3. The maximum Gasteiger partial charge on any atom is 0.276 e. The second kappa shape index (κ2) is 8.64. The van der Waals surface area contributed by atoms with Gasteiger partial charge in [-0.05, 0) is 64.8 Å². The lowest BCUT2D eigenvalue weighted by Gasteiger charge is -2.12. The van der Waals surface area contributed by atoms with Crippen molar-refractivity contribution in [2.24, 2.45) is 0 Å². The third-order valence-corrected chi connectivity index (χ3v) is 4.54. The molecule has 126 valence electrons. The molecule has 0 fully saturated rings. The van der Waals surface area contributed by atoms with E-state index in [-0.39, 0.29) is 6.61 Å². The quantitative estimate of drug-likeness (QED) is 0.596. The Hall–Kier alpha value is -1.38. The molecule has 0 heterocycles. The Labute approximate surface area is 164 Å². The van der Waals surface area contributed by atoms with Crippen LogP contribution in [0.15, 0.2) is 49.8 Å². The molecule has 2 rings (SSSR count). The lowest BCUT2D eigenvalue weighted by atomic mass is 10.2. The van der Waals surface area contributed by atoms with E-state index in [1.807, 2.05) is 19.1 Å². The van der Waals surface area contributed by atoms with Gasteiger partial charge in [0.05, 0.1) is 4.47 Å². The summed E-state index contributed by atoms with van der Waals surface area (Å²) >= 11 is 10.1. The molecule has 0 atom stereocenters. The first-order chi connectivity index (χ1) is 11.4. The topological polar surface area (TPSA) is 67.4 Å². The van der Waals surface area contributed by atoms with Crippen LogP contribution < -0.4 is 15.6 Å². The first kappa shape index (κ1) is 19.0. The van der Waals surface area contributed by atoms with E-state index < -0.39 is 11.8 Å². The standard InChI is InChI=1S/C16H13Br3N2O3/c1-9-6-12(18)7-13(19)15(9)24-8-14(22)20-21-16(23)10-2-4-11(17)5-3-10/h2-7H,8H2,1H3,(H,20,22)(H,21,23). The van der Waals surface area contributed by atoms with E-state index in [9.17, 15) is 9.59 Å². The largest absolute Gasteiger partial charge is 0.482 e. The highest BCUT2D eigenvalue weighted by Gasteiger charge is 2.11. The Kier molecular flexibility index (Phi) is 6.82. The molecule has 0 aliphatic rings. The van der Waals surface area contributed by atoms with Crippen LogP contribution in [0.5, 0.6) is 5.75 Å². The van der Waals surface area contributed by atoms with Crippen molar-refractivity contribution in [1.82, 2.24) is 10.9 Å². The Morgan fingerprint density at radius 1 is 1.00 bits per heavy atom. The monoisotopic (exact) mass is 518 g/mol. The zero-order valence-electron chi connectivity index (χ0n) is 12.5. The highest BCUT2D eigenvalue weighted by atomic mass is 79.9. The normalized spacial score (nSPS) is 10.2. The summed E-state index contributed by atoms with van der Waals surface area (Å²) in [4.78, 5) is 23.7. The van der Waals surface area contributed by atoms with Crippen molar-refractivity contribution >= 4 is 59.6 Å². The van der Waals surface area contributed by atoms with Crippen LogP contribution in [0.3, 0.4) is 0 Å². The number of amides is 2. The molecule has 2 aromatic carbocycles. The van der Waals surface area contributed by atoms with Crippen LogP contribution in [0, 0.1) is 6.92 Å². The number of carbonyl (C=O) groups excluding carboxylic acids is 2. The number of rotatable bonds is 4. The fourth-order valence-electron chi connectivity index (χ4n) is 1.85. The predicted molar refractivity (Wildman–Crippen MR) is 102 cm³/mol. The highest BCUT2D eigenvalue weighted by molar-refractivity contribution is 9.11. The van der Waals surface area contributed by atoms with Gasteiger partial charge in [-0.2, -0.15) is 0 Å². The molecule has 0 aromatic heterocycles. The minimum absolute atomic E-state index is 0.221.